The summed E-state index contributed by atoms with van der Waals surface area (Å²) in [5.74, 6) is -0.00929. The predicted molar refractivity (Wildman–Crippen MR) is 90.0 cm³/mol. The zero-order chi connectivity index (χ0) is 17.6. The molecule has 1 aromatic carbocycles. The van der Waals surface area contributed by atoms with Gasteiger partial charge in [0.1, 0.15) is 11.6 Å². The molecule has 1 atom stereocenters. The van der Waals surface area contributed by atoms with E-state index in [4.69, 9.17) is 9.47 Å². The van der Waals surface area contributed by atoms with Gasteiger partial charge in [0.2, 0.25) is 5.91 Å². The highest BCUT2D eigenvalue weighted by atomic mass is 16.5. The van der Waals surface area contributed by atoms with Crippen LogP contribution in [0.4, 0.5) is 0 Å². The van der Waals surface area contributed by atoms with E-state index in [9.17, 15) is 9.59 Å². The number of carbonyl (C=O) groups is 2. The quantitative estimate of drug-likeness (QED) is 0.816. The Hall–Kier alpha value is -1.96. The van der Waals surface area contributed by atoms with Crippen molar-refractivity contribution in [1.29, 1.82) is 0 Å². The lowest BCUT2D eigenvalue weighted by atomic mass is 9.89. The molecular weight excluding hydrogens is 322 g/mol. The molecule has 0 aromatic heterocycles. The first-order chi connectivity index (χ1) is 12.0. The number of hydrogen-bond acceptors (Lipinski definition) is 5. The number of amides is 2. The molecule has 2 amide bonds. The van der Waals surface area contributed by atoms with E-state index in [1.807, 2.05) is 35.0 Å². The fourth-order valence-corrected chi connectivity index (χ4v) is 3.91. The van der Waals surface area contributed by atoms with Gasteiger partial charge in [-0.25, -0.2) is 0 Å². The Kier molecular flexibility index (Phi) is 4.02. The molecule has 1 spiro atoms. The molecule has 3 aliphatic heterocycles. The van der Waals surface area contributed by atoms with Gasteiger partial charge in [-0.3, -0.25) is 14.5 Å². The molecule has 1 aromatic rings. The van der Waals surface area contributed by atoms with E-state index in [2.05, 4.69) is 5.32 Å². The predicted octanol–water partition coefficient (Wildman–Crippen LogP) is -0.0120. The van der Waals surface area contributed by atoms with E-state index in [0.29, 0.717) is 45.0 Å². The molecule has 1 unspecified atom stereocenters. The van der Waals surface area contributed by atoms with Crippen LogP contribution < -0.4 is 5.32 Å². The van der Waals surface area contributed by atoms with Crippen LogP contribution in [-0.4, -0.2) is 73.6 Å². The van der Waals surface area contributed by atoms with Crippen molar-refractivity contribution in [3.05, 3.63) is 34.9 Å². The Morgan fingerprint density at radius 1 is 1.20 bits per heavy atom. The van der Waals surface area contributed by atoms with Gasteiger partial charge in [0, 0.05) is 19.2 Å². The van der Waals surface area contributed by atoms with Crippen molar-refractivity contribution in [1.82, 2.24) is 15.1 Å². The van der Waals surface area contributed by atoms with Crippen LogP contribution in [0.25, 0.3) is 0 Å². The molecule has 2 fully saturated rings. The number of likely N-dealkylation sites (tertiary alicyclic amines) is 1. The number of fused-ring (bicyclic) bond motifs is 1. The van der Waals surface area contributed by atoms with Gasteiger partial charge in [-0.1, -0.05) is 6.07 Å². The average Bonchev–Trinajstić information content (AvgIpc) is 3.05. The van der Waals surface area contributed by atoms with Gasteiger partial charge in [0.15, 0.2) is 0 Å². The Labute approximate surface area is 146 Å². The SMILES string of the molecule is CNC(=O)C1COC2(CN(C(=O)c3ccc4c(c3)COC4)C2)CN1C. The van der Waals surface area contributed by atoms with Gasteiger partial charge >= 0.3 is 0 Å². The molecule has 25 heavy (non-hydrogen) atoms. The second-order valence-electron chi connectivity index (χ2n) is 7.18. The smallest absolute Gasteiger partial charge is 0.254 e. The topological polar surface area (TPSA) is 71.1 Å². The first kappa shape index (κ1) is 16.5. The van der Waals surface area contributed by atoms with Gasteiger partial charge in [0.25, 0.3) is 5.91 Å². The zero-order valence-electron chi connectivity index (χ0n) is 14.6. The highest BCUT2D eigenvalue weighted by Gasteiger charge is 2.51. The number of rotatable bonds is 2. The molecule has 2 saturated heterocycles. The maximum absolute atomic E-state index is 12.7. The van der Waals surface area contributed by atoms with Crippen molar-refractivity contribution in [3.63, 3.8) is 0 Å². The summed E-state index contributed by atoms with van der Waals surface area (Å²) in [4.78, 5) is 28.4. The van der Waals surface area contributed by atoms with Crippen LogP contribution in [0.2, 0.25) is 0 Å². The molecule has 4 rings (SSSR count). The first-order valence-electron chi connectivity index (χ1n) is 8.56. The fourth-order valence-electron chi connectivity index (χ4n) is 3.91. The van der Waals surface area contributed by atoms with Crippen LogP contribution in [0.3, 0.4) is 0 Å². The molecule has 0 bridgehead atoms. The van der Waals surface area contributed by atoms with Gasteiger partial charge in [-0.05, 0) is 30.3 Å². The number of nitrogens with one attached hydrogen (secondary N) is 1. The van der Waals surface area contributed by atoms with Crippen LogP contribution in [0.1, 0.15) is 21.5 Å². The summed E-state index contributed by atoms with van der Waals surface area (Å²) in [5, 5.41) is 2.66. The number of ether oxygens (including phenoxy) is 2. The number of benzene rings is 1. The minimum Gasteiger partial charge on any atom is -0.372 e. The highest BCUT2D eigenvalue weighted by molar-refractivity contribution is 5.95. The van der Waals surface area contributed by atoms with Gasteiger partial charge in [-0.15, -0.1) is 0 Å². The van der Waals surface area contributed by atoms with Crippen molar-refractivity contribution in [3.8, 4) is 0 Å². The van der Waals surface area contributed by atoms with E-state index < -0.39 is 0 Å². The average molecular weight is 345 g/mol. The molecular formula is C18H23N3O4. The highest BCUT2D eigenvalue weighted by Crippen LogP contribution is 2.32. The molecule has 3 aliphatic rings. The molecule has 134 valence electrons. The van der Waals surface area contributed by atoms with E-state index >= 15 is 0 Å². The Balaban J connectivity index is 1.39. The summed E-state index contributed by atoms with van der Waals surface area (Å²) in [7, 11) is 3.56. The van der Waals surface area contributed by atoms with Crippen molar-refractivity contribution < 1.29 is 19.1 Å². The summed E-state index contributed by atoms with van der Waals surface area (Å²) < 4.78 is 11.4. The summed E-state index contributed by atoms with van der Waals surface area (Å²) in [6, 6.07) is 5.52. The van der Waals surface area contributed by atoms with Crippen molar-refractivity contribution in [2.75, 3.05) is 40.3 Å². The number of likely N-dealkylation sites (N-methyl/N-ethyl adjacent to an activating group) is 2. The minimum atomic E-state index is -0.352. The maximum Gasteiger partial charge on any atom is 0.254 e. The van der Waals surface area contributed by atoms with Gasteiger partial charge in [-0.2, -0.15) is 0 Å². The molecule has 1 N–H and O–H groups in total. The number of morpholine rings is 1. The lowest BCUT2D eigenvalue weighted by Gasteiger charge is -2.54. The van der Waals surface area contributed by atoms with Gasteiger partial charge in [0.05, 0.1) is 32.9 Å². The van der Waals surface area contributed by atoms with Crippen molar-refractivity contribution in [2.24, 2.45) is 0 Å². The number of hydrogen-bond donors (Lipinski definition) is 1. The molecule has 3 heterocycles. The lowest BCUT2D eigenvalue weighted by molar-refractivity contribution is -0.187. The summed E-state index contributed by atoms with van der Waals surface area (Å²) >= 11 is 0. The third-order valence-electron chi connectivity index (χ3n) is 5.38. The number of nitrogens with zero attached hydrogens (tertiary/aromatic N) is 2. The minimum absolute atomic E-state index is 0.0278. The molecule has 0 radical (unpaired) electrons. The van der Waals surface area contributed by atoms with Crippen LogP contribution >= 0.6 is 0 Å². The monoisotopic (exact) mass is 345 g/mol. The lowest BCUT2D eigenvalue weighted by Crippen LogP contribution is -2.73. The number of carbonyl (C=O) groups excluding carboxylic acids is 2. The molecule has 7 nitrogen and oxygen atoms in total. The van der Waals surface area contributed by atoms with Crippen LogP contribution in [0.15, 0.2) is 18.2 Å². The largest absolute Gasteiger partial charge is 0.372 e. The van der Waals surface area contributed by atoms with E-state index in [-0.39, 0.29) is 23.5 Å². The summed E-state index contributed by atoms with van der Waals surface area (Å²) in [6.07, 6.45) is 0. The van der Waals surface area contributed by atoms with E-state index in [1.54, 1.807) is 7.05 Å². The van der Waals surface area contributed by atoms with Gasteiger partial charge < -0.3 is 19.7 Å². The standard InChI is InChI=1S/C18H23N3O4/c1-19-16(22)15-8-25-18(9-20(15)2)10-21(11-18)17(23)12-3-4-13-6-24-7-14(13)5-12/h3-5,15H,6-11H2,1-2H3,(H,19,22). The Morgan fingerprint density at radius 2 is 1.96 bits per heavy atom. The molecule has 0 saturated carbocycles. The van der Waals surface area contributed by atoms with Crippen molar-refractivity contribution >= 4 is 11.8 Å². The first-order valence-corrected chi connectivity index (χ1v) is 8.56. The normalized spacial score (nSPS) is 24.7. The zero-order valence-corrected chi connectivity index (χ0v) is 14.6. The fraction of sp³-hybridized carbons (Fsp3) is 0.556. The Morgan fingerprint density at radius 3 is 2.68 bits per heavy atom. The van der Waals surface area contributed by atoms with Crippen LogP contribution in [-0.2, 0) is 27.5 Å². The molecule has 7 heteroatoms. The second-order valence-corrected chi connectivity index (χ2v) is 7.18. The van der Waals surface area contributed by atoms with Crippen LogP contribution in [0.5, 0.6) is 0 Å². The van der Waals surface area contributed by atoms with Crippen LogP contribution in [0, 0.1) is 0 Å². The summed E-state index contributed by atoms with van der Waals surface area (Å²) in [5.41, 5.74) is 2.61. The van der Waals surface area contributed by atoms with E-state index in [0.717, 1.165) is 11.1 Å². The third kappa shape index (κ3) is 2.82. The maximum atomic E-state index is 12.7. The second kappa shape index (κ2) is 6.09. The Bertz CT molecular complexity index is 714. The summed E-state index contributed by atoms with van der Waals surface area (Å²) in [6.45, 7) is 3.33. The molecule has 0 aliphatic carbocycles. The van der Waals surface area contributed by atoms with E-state index in [1.165, 1.54) is 0 Å². The third-order valence-corrected chi connectivity index (χ3v) is 5.38. The van der Waals surface area contributed by atoms with Crippen molar-refractivity contribution in [2.45, 2.75) is 24.9 Å².